The highest BCUT2D eigenvalue weighted by Gasteiger charge is 2.37. The van der Waals surface area contributed by atoms with Crippen LogP contribution in [0.2, 0.25) is 0 Å². The zero-order chi connectivity index (χ0) is 58.1. The van der Waals surface area contributed by atoms with Crippen molar-refractivity contribution in [2.45, 2.75) is 96.7 Å². The van der Waals surface area contributed by atoms with E-state index in [1.165, 1.54) is 22.3 Å². The maximum atomic E-state index is 9.68. The number of anilines is 4. The van der Waals surface area contributed by atoms with E-state index in [4.69, 9.17) is 9.72 Å². The van der Waals surface area contributed by atoms with E-state index in [9.17, 15) is 5.48 Å². The molecule has 1 saturated carbocycles. The Hall–Kier alpha value is -8.67. The predicted octanol–water partition coefficient (Wildman–Crippen LogP) is 20.8. The topological polar surface area (TPSA) is 33.5 Å². The second kappa shape index (κ2) is 21.2. The third-order valence-electron chi connectivity index (χ3n) is 16.5. The first-order valence-corrected chi connectivity index (χ1v) is 28.6. The van der Waals surface area contributed by atoms with Gasteiger partial charge in [0.05, 0.1) is 28.1 Å². The lowest BCUT2D eigenvalue weighted by atomic mass is 9.65. The Kier molecular flexibility index (Phi) is 12.2. The monoisotopic (exact) mass is 1050 g/mol. The summed E-state index contributed by atoms with van der Waals surface area (Å²) < 4.78 is 48.2. The van der Waals surface area contributed by atoms with Gasteiger partial charge in [0.15, 0.2) is 0 Å². The number of aromatic nitrogens is 2. The lowest BCUT2D eigenvalue weighted by Crippen LogP contribution is -2.30. The molecule has 0 unspecified atom stereocenters. The van der Waals surface area contributed by atoms with Crippen LogP contribution in [0.3, 0.4) is 0 Å². The molecule has 0 amide bonds. The molecule has 13 rings (SSSR count). The Balaban J connectivity index is 0.990. The van der Waals surface area contributed by atoms with Crippen LogP contribution in [0.4, 0.5) is 22.7 Å². The highest BCUT2D eigenvalue weighted by Crippen LogP contribution is 2.52. The number of pyridine rings is 1. The fourth-order valence-electron chi connectivity index (χ4n) is 12.5. The Morgan fingerprint density at radius 1 is 0.475 bits per heavy atom. The minimum Gasteiger partial charge on any atom is -0.457 e. The second-order valence-corrected chi connectivity index (χ2v) is 22.5. The van der Waals surface area contributed by atoms with Crippen LogP contribution < -0.4 is 14.5 Å². The lowest BCUT2D eigenvalue weighted by Gasteiger charge is -2.38. The molecule has 5 heteroatoms. The van der Waals surface area contributed by atoms with Crippen molar-refractivity contribution in [3.63, 3.8) is 0 Å². The average Bonchev–Trinajstić information content (AvgIpc) is 0.870. The maximum Gasteiger partial charge on any atom is 0.137 e. The molecule has 1 aliphatic heterocycles. The smallest absolute Gasteiger partial charge is 0.137 e. The molecule has 2 aromatic heterocycles. The van der Waals surface area contributed by atoms with Gasteiger partial charge in [-0.1, -0.05) is 212 Å². The van der Waals surface area contributed by atoms with Gasteiger partial charge in [0.25, 0.3) is 0 Å². The molecular weight excluding hydrogens is 973 g/mol. The Labute approximate surface area is 478 Å². The minimum atomic E-state index is -1.90. The van der Waals surface area contributed by atoms with Crippen LogP contribution in [0.1, 0.15) is 125 Å². The highest BCUT2D eigenvalue weighted by atomic mass is 16.5. The average molecular weight is 1050 g/mol. The summed E-state index contributed by atoms with van der Waals surface area (Å²) in [5, 5.41) is 2.04. The molecule has 3 heterocycles. The molecule has 0 saturated heterocycles. The summed E-state index contributed by atoms with van der Waals surface area (Å²) in [6.07, 6.45) is -1.16. The standard InChI is InChI=1S/C75H70N4O/c1-50(2)55-44-66(51(3)4)73(67(45-55)52(5)6)56-42-59(77-49-78(70-35-20-19-34-69(70)77)74-62(53-24-11-7-12-25-53)31-23-32-63(74)54-26-13-8-14-27-54)47-61(43-56)80-60-36-37-65-64-30-17-18-33-68(64)79(71(65)48-60)72-46-58(38-41-76-72)75(39-21-10-22-40-75)57-28-15-9-16-29-57/h7-9,11-20,23-38,41-48,50-52H,10,21-22,39-40,49H2,1-6H3/i39D2,40D2. The zero-order valence-corrected chi connectivity index (χ0v) is 46.6. The van der Waals surface area contributed by atoms with E-state index in [1.807, 2.05) is 54.6 Å². The molecule has 2 aliphatic rings. The Morgan fingerprint density at radius 3 is 1.73 bits per heavy atom. The zero-order valence-electron chi connectivity index (χ0n) is 50.6. The molecule has 0 bridgehead atoms. The molecule has 5 nitrogen and oxygen atoms in total. The van der Waals surface area contributed by atoms with E-state index in [2.05, 4.69) is 220 Å². The first-order valence-electron chi connectivity index (χ1n) is 30.6. The van der Waals surface area contributed by atoms with Crippen molar-refractivity contribution in [1.82, 2.24) is 9.55 Å². The van der Waals surface area contributed by atoms with Crippen LogP contribution in [0.25, 0.3) is 61.0 Å². The third-order valence-corrected chi connectivity index (χ3v) is 16.5. The van der Waals surface area contributed by atoms with Crippen molar-refractivity contribution in [1.29, 1.82) is 0 Å². The summed E-state index contributed by atoms with van der Waals surface area (Å²) in [4.78, 5) is 9.95. The normalized spacial score (nSPS) is 16.2. The van der Waals surface area contributed by atoms with Crippen molar-refractivity contribution in [2.75, 3.05) is 16.5 Å². The summed E-state index contributed by atoms with van der Waals surface area (Å²) in [6, 6.07) is 76.2. The van der Waals surface area contributed by atoms with Gasteiger partial charge in [-0.2, -0.15) is 0 Å². The predicted molar refractivity (Wildman–Crippen MR) is 336 cm³/mol. The first-order chi connectivity index (χ1) is 40.6. The number of para-hydroxylation sites is 4. The number of hydrogen-bond donors (Lipinski definition) is 0. The number of fused-ring (bicyclic) bond motifs is 4. The number of ether oxygens (including phenoxy) is 1. The highest BCUT2D eigenvalue weighted by molar-refractivity contribution is 6.09. The fourth-order valence-corrected chi connectivity index (χ4v) is 12.5. The number of hydrogen-bond acceptors (Lipinski definition) is 4. The molecule has 9 aromatic carbocycles. The van der Waals surface area contributed by atoms with E-state index < -0.39 is 18.2 Å². The summed E-state index contributed by atoms with van der Waals surface area (Å²) in [5.74, 6) is 2.75. The van der Waals surface area contributed by atoms with Gasteiger partial charge in [-0.25, -0.2) is 4.98 Å². The molecule has 396 valence electrons. The van der Waals surface area contributed by atoms with Crippen LogP contribution in [0.15, 0.2) is 225 Å². The molecule has 80 heavy (non-hydrogen) atoms. The molecule has 1 aliphatic carbocycles. The molecule has 0 radical (unpaired) electrons. The number of nitrogens with zero attached hydrogens (tertiary/aromatic N) is 4. The van der Waals surface area contributed by atoms with Crippen LogP contribution in [0.5, 0.6) is 11.5 Å². The molecule has 0 atom stereocenters. The largest absolute Gasteiger partial charge is 0.457 e. The third kappa shape index (κ3) is 9.13. The van der Waals surface area contributed by atoms with Gasteiger partial charge in [0.1, 0.15) is 24.0 Å². The minimum absolute atomic E-state index is 0.235. The number of benzene rings is 9. The van der Waals surface area contributed by atoms with Gasteiger partial charge in [-0.15, -0.1) is 0 Å². The summed E-state index contributed by atoms with van der Waals surface area (Å²) in [5.41, 5.74) is 16.6. The van der Waals surface area contributed by atoms with Gasteiger partial charge in [-0.3, -0.25) is 4.57 Å². The van der Waals surface area contributed by atoms with Gasteiger partial charge in [0, 0.05) is 56.8 Å². The molecule has 1 fully saturated rings. The lowest BCUT2D eigenvalue weighted by molar-refractivity contribution is 0.345. The van der Waals surface area contributed by atoms with Crippen molar-refractivity contribution in [3.8, 4) is 50.7 Å². The van der Waals surface area contributed by atoms with Crippen molar-refractivity contribution >= 4 is 44.6 Å². The maximum absolute atomic E-state index is 9.68. The van der Waals surface area contributed by atoms with Gasteiger partial charge >= 0.3 is 0 Å². The van der Waals surface area contributed by atoms with Gasteiger partial charge in [0.2, 0.25) is 0 Å². The quantitative estimate of drug-likeness (QED) is 0.115. The van der Waals surface area contributed by atoms with Crippen LogP contribution >= 0.6 is 0 Å². The number of rotatable bonds is 13. The fraction of sp³-hybridized carbons (Fsp3) is 0.213. The summed E-state index contributed by atoms with van der Waals surface area (Å²) in [6.45, 7) is 14.3. The van der Waals surface area contributed by atoms with E-state index in [1.54, 1.807) is 6.20 Å². The van der Waals surface area contributed by atoms with Crippen LogP contribution in [-0.2, 0) is 5.41 Å². The van der Waals surface area contributed by atoms with Crippen molar-refractivity contribution in [2.24, 2.45) is 0 Å². The Bertz CT molecular complexity index is 4150. The van der Waals surface area contributed by atoms with Gasteiger partial charge < -0.3 is 14.5 Å². The summed E-state index contributed by atoms with van der Waals surface area (Å²) >= 11 is 0. The summed E-state index contributed by atoms with van der Waals surface area (Å²) in [7, 11) is 0. The van der Waals surface area contributed by atoms with Gasteiger partial charge in [-0.05, 0) is 135 Å². The molecule has 0 N–H and O–H groups in total. The van der Waals surface area contributed by atoms with Crippen molar-refractivity contribution in [3.05, 3.63) is 252 Å². The first kappa shape index (κ1) is 46.3. The Morgan fingerprint density at radius 2 is 1.07 bits per heavy atom. The SMILES string of the molecule is [2H]C1([2H])CCCC([2H])([2H])C1(c1ccccc1)c1ccnc(-n2c3ccccc3c3ccc(Oc4cc(-c5c(C(C)C)cc(C(C)C)cc5C(C)C)cc(N5CN(c6c(-c7ccccc7)cccc6-c6ccccc6)c6ccccc65)c4)cc32)c1. The molecule has 11 aromatic rings. The van der Waals surface area contributed by atoms with E-state index in [-0.39, 0.29) is 24.7 Å². The van der Waals surface area contributed by atoms with Crippen LogP contribution in [-0.4, -0.2) is 16.2 Å². The van der Waals surface area contributed by atoms with Crippen LogP contribution in [0, 0.1) is 0 Å². The second-order valence-electron chi connectivity index (χ2n) is 22.5. The molecule has 0 spiro atoms. The van der Waals surface area contributed by atoms with E-state index >= 15 is 0 Å². The van der Waals surface area contributed by atoms with Crippen molar-refractivity contribution < 1.29 is 10.2 Å². The molecular formula is C75H70N4O. The van der Waals surface area contributed by atoms with E-state index in [0.717, 1.165) is 72.4 Å². The van der Waals surface area contributed by atoms with E-state index in [0.29, 0.717) is 47.5 Å².